The van der Waals surface area contributed by atoms with Crippen LogP contribution in [0.2, 0.25) is 0 Å². The monoisotopic (exact) mass is 696 g/mol. The lowest BCUT2D eigenvalue weighted by Crippen LogP contribution is -2.12. The standard InChI is InChI=1S/C54H48/c1-52(2,3)35-21-23-37-42(27-35)49(32-18-14-11-15-19-32)44-29-40-39(28-43(44)48(37)31-16-12-10-13-17-31)41-26-34-25-36(53(4,5)6)24-33-20-22-38-46(54(7,8)9)30-45(40)50(41)51(38)47(33)34/h10-30H,1-9H3. The molecule has 0 atom stereocenters. The molecule has 0 heteroatoms. The van der Waals surface area contributed by atoms with E-state index in [1.165, 1.54) is 115 Å². The molecule has 9 aromatic rings. The van der Waals surface area contributed by atoms with Gasteiger partial charge in [0.25, 0.3) is 0 Å². The van der Waals surface area contributed by atoms with E-state index in [9.17, 15) is 0 Å². The van der Waals surface area contributed by atoms with E-state index in [-0.39, 0.29) is 16.2 Å². The summed E-state index contributed by atoms with van der Waals surface area (Å²) in [5.41, 5.74) is 14.8. The predicted octanol–water partition coefficient (Wildman–Crippen LogP) is 15.8. The van der Waals surface area contributed by atoms with Crippen LogP contribution in [0.25, 0.3) is 98.4 Å². The van der Waals surface area contributed by atoms with E-state index in [4.69, 9.17) is 0 Å². The van der Waals surface area contributed by atoms with Crippen molar-refractivity contribution in [1.82, 2.24) is 0 Å². The van der Waals surface area contributed by atoms with Crippen molar-refractivity contribution in [3.63, 3.8) is 0 Å². The molecule has 264 valence electrons. The summed E-state index contributed by atoms with van der Waals surface area (Å²) in [6.07, 6.45) is 0. The van der Waals surface area contributed by atoms with Crippen LogP contribution in [-0.4, -0.2) is 0 Å². The van der Waals surface area contributed by atoms with E-state index >= 15 is 0 Å². The Kier molecular flexibility index (Phi) is 6.78. The number of hydrogen-bond donors (Lipinski definition) is 0. The van der Waals surface area contributed by atoms with Gasteiger partial charge in [0.15, 0.2) is 0 Å². The summed E-state index contributed by atoms with van der Waals surface area (Å²) in [5, 5.41) is 13.5. The van der Waals surface area contributed by atoms with Crippen molar-refractivity contribution in [2.24, 2.45) is 0 Å². The second-order valence-electron chi connectivity index (χ2n) is 19.0. The molecular formula is C54H48. The van der Waals surface area contributed by atoms with Crippen molar-refractivity contribution >= 4 is 53.9 Å². The largest absolute Gasteiger partial charge is 0.0622 e. The highest BCUT2D eigenvalue weighted by Gasteiger charge is 2.31. The van der Waals surface area contributed by atoms with E-state index in [1.807, 2.05) is 0 Å². The molecule has 9 aromatic carbocycles. The van der Waals surface area contributed by atoms with Crippen LogP contribution in [0.5, 0.6) is 0 Å². The molecule has 0 N–H and O–H groups in total. The Labute approximate surface area is 319 Å². The van der Waals surface area contributed by atoms with E-state index in [2.05, 4.69) is 190 Å². The normalized spacial score (nSPS) is 13.3. The van der Waals surface area contributed by atoms with Gasteiger partial charge in [-0.3, -0.25) is 0 Å². The van der Waals surface area contributed by atoms with Gasteiger partial charge in [-0.2, -0.15) is 0 Å². The summed E-state index contributed by atoms with van der Waals surface area (Å²) in [4.78, 5) is 0. The molecule has 0 heterocycles. The van der Waals surface area contributed by atoms with Gasteiger partial charge in [0.2, 0.25) is 0 Å². The Morgan fingerprint density at radius 3 is 1.41 bits per heavy atom. The fraction of sp³-hybridized carbons (Fsp3) is 0.222. The predicted molar refractivity (Wildman–Crippen MR) is 237 cm³/mol. The lowest BCUT2D eigenvalue weighted by Gasteiger charge is -2.26. The van der Waals surface area contributed by atoms with Crippen molar-refractivity contribution in [3.8, 4) is 44.5 Å². The lowest BCUT2D eigenvalue weighted by atomic mass is 9.78. The third-order valence-corrected chi connectivity index (χ3v) is 12.3. The first kappa shape index (κ1) is 33.1. The summed E-state index contributed by atoms with van der Waals surface area (Å²) >= 11 is 0. The third kappa shape index (κ3) is 4.75. The van der Waals surface area contributed by atoms with Gasteiger partial charge in [-0.1, -0.05) is 159 Å². The number of hydrogen-bond acceptors (Lipinski definition) is 0. The Bertz CT molecular complexity index is 2990. The summed E-state index contributed by atoms with van der Waals surface area (Å²) in [6, 6.07) is 49.3. The highest BCUT2D eigenvalue weighted by molar-refractivity contribution is 6.34. The smallest absolute Gasteiger partial charge is 0.00113 e. The zero-order valence-corrected chi connectivity index (χ0v) is 33.1. The summed E-state index contributed by atoms with van der Waals surface area (Å²) < 4.78 is 0. The maximum Gasteiger partial charge on any atom is -0.00113 e. The topological polar surface area (TPSA) is 0 Å². The Morgan fingerprint density at radius 2 is 0.833 bits per heavy atom. The molecule has 0 fully saturated rings. The Morgan fingerprint density at radius 1 is 0.315 bits per heavy atom. The van der Waals surface area contributed by atoms with Gasteiger partial charge in [-0.05, 0) is 162 Å². The molecule has 1 aliphatic carbocycles. The fourth-order valence-corrected chi connectivity index (χ4v) is 9.53. The minimum Gasteiger partial charge on any atom is -0.0622 e. The molecule has 0 bridgehead atoms. The number of fused-ring (bicyclic) bond motifs is 5. The highest BCUT2D eigenvalue weighted by Crippen LogP contribution is 2.57. The van der Waals surface area contributed by atoms with Gasteiger partial charge in [0.1, 0.15) is 0 Å². The Balaban J connectivity index is 1.43. The van der Waals surface area contributed by atoms with Crippen molar-refractivity contribution in [2.75, 3.05) is 0 Å². The fourth-order valence-electron chi connectivity index (χ4n) is 9.53. The van der Waals surface area contributed by atoms with Gasteiger partial charge in [0, 0.05) is 0 Å². The molecule has 10 rings (SSSR count). The molecule has 0 unspecified atom stereocenters. The lowest BCUT2D eigenvalue weighted by molar-refractivity contribution is 0.591. The summed E-state index contributed by atoms with van der Waals surface area (Å²) in [6.45, 7) is 21.1. The second-order valence-corrected chi connectivity index (χ2v) is 19.0. The van der Waals surface area contributed by atoms with Crippen molar-refractivity contribution in [1.29, 1.82) is 0 Å². The third-order valence-electron chi connectivity index (χ3n) is 12.3. The van der Waals surface area contributed by atoms with Crippen LogP contribution in [0.1, 0.15) is 79.0 Å². The summed E-state index contributed by atoms with van der Waals surface area (Å²) in [5.74, 6) is 0. The van der Waals surface area contributed by atoms with E-state index < -0.39 is 0 Å². The van der Waals surface area contributed by atoms with Crippen molar-refractivity contribution < 1.29 is 0 Å². The highest BCUT2D eigenvalue weighted by atomic mass is 14.3. The van der Waals surface area contributed by atoms with Gasteiger partial charge >= 0.3 is 0 Å². The van der Waals surface area contributed by atoms with Crippen molar-refractivity contribution in [3.05, 3.63) is 144 Å². The van der Waals surface area contributed by atoms with E-state index in [0.717, 1.165) is 0 Å². The van der Waals surface area contributed by atoms with Crippen LogP contribution in [-0.2, 0) is 16.2 Å². The minimum absolute atomic E-state index is 0.0213. The number of rotatable bonds is 2. The van der Waals surface area contributed by atoms with Gasteiger partial charge in [0.05, 0.1) is 0 Å². The average Bonchev–Trinajstić information content (AvgIpc) is 3.44. The zero-order valence-electron chi connectivity index (χ0n) is 33.1. The van der Waals surface area contributed by atoms with Crippen LogP contribution in [0.3, 0.4) is 0 Å². The molecular weight excluding hydrogens is 649 g/mol. The molecule has 0 aliphatic heterocycles. The molecule has 0 radical (unpaired) electrons. The zero-order chi connectivity index (χ0) is 37.5. The quantitative estimate of drug-likeness (QED) is 0.125. The van der Waals surface area contributed by atoms with Crippen LogP contribution in [0.15, 0.2) is 127 Å². The maximum atomic E-state index is 2.57. The van der Waals surface area contributed by atoms with Crippen molar-refractivity contribution in [2.45, 2.75) is 78.6 Å². The van der Waals surface area contributed by atoms with Crippen LogP contribution >= 0.6 is 0 Å². The number of benzene rings is 9. The summed E-state index contributed by atoms with van der Waals surface area (Å²) in [7, 11) is 0. The molecule has 0 spiro atoms. The van der Waals surface area contributed by atoms with E-state index in [1.54, 1.807) is 0 Å². The van der Waals surface area contributed by atoms with Gasteiger partial charge < -0.3 is 0 Å². The Hall–Kier alpha value is -5.46. The first-order chi connectivity index (χ1) is 25.7. The van der Waals surface area contributed by atoms with Crippen LogP contribution in [0, 0.1) is 0 Å². The molecule has 54 heavy (non-hydrogen) atoms. The molecule has 1 aliphatic rings. The van der Waals surface area contributed by atoms with E-state index in [0.29, 0.717) is 0 Å². The molecule has 0 aromatic heterocycles. The first-order valence-electron chi connectivity index (χ1n) is 19.7. The second kappa shape index (κ2) is 11.0. The molecule has 0 nitrogen and oxygen atoms in total. The molecule has 0 amide bonds. The molecule has 0 saturated carbocycles. The first-order valence-corrected chi connectivity index (χ1v) is 19.7. The van der Waals surface area contributed by atoms with Gasteiger partial charge in [-0.15, -0.1) is 0 Å². The minimum atomic E-state index is -0.0234. The van der Waals surface area contributed by atoms with Crippen LogP contribution in [0.4, 0.5) is 0 Å². The average molecular weight is 697 g/mol. The maximum absolute atomic E-state index is 2.57. The van der Waals surface area contributed by atoms with Crippen LogP contribution < -0.4 is 0 Å². The van der Waals surface area contributed by atoms with Gasteiger partial charge in [-0.25, -0.2) is 0 Å². The molecule has 0 saturated heterocycles. The SMILES string of the molecule is CC(C)(C)c1cc2ccc3c(C(C)(C)C)cc4c5c(cc(c1)c2c35)-c1cc2c(-c3ccccc3)c3ccc(C(C)(C)C)cc3c(-c3ccccc3)c2cc1-4.